The van der Waals surface area contributed by atoms with Gasteiger partial charge in [-0.1, -0.05) is 99.3 Å². The summed E-state index contributed by atoms with van der Waals surface area (Å²) in [6, 6.07) is 0. The molecule has 0 aliphatic heterocycles. The first-order valence-electron chi connectivity index (χ1n) is 12.9. The maximum absolute atomic E-state index is 6.21. The molecule has 0 saturated heterocycles. The molecule has 186 valence electrons. The average molecular weight is 555 g/mol. The average Bonchev–Trinajstić information content (AvgIpc) is 2.79. The van der Waals surface area contributed by atoms with E-state index in [1.807, 2.05) is 0 Å². The third-order valence-corrected chi connectivity index (χ3v) is 6.96. The quantitative estimate of drug-likeness (QED) is 0.104. The number of halogens is 2. The molecule has 3 nitrogen and oxygen atoms in total. The fraction of sp³-hybridized carbons (Fsp3) is 1.00. The van der Waals surface area contributed by atoms with Gasteiger partial charge in [0.15, 0.2) is 0 Å². The van der Waals surface area contributed by atoms with Gasteiger partial charge in [-0.05, 0) is 37.0 Å². The van der Waals surface area contributed by atoms with Crippen molar-refractivity contribution in [3.05, 3.63) is 0 Å². The first-order valence-corrected chi connectivity index (χ1v) is 21.8. The summed E-state index contributed by atoms with van der Waals surface area (Å²) in [5.41, 5.74) is 0. The van der Waals surface area contributed by atoms with Crippen molar-refractivity contribution in [2.75, 3.05) is 19.8 Å². The van der Waals surface area contributed by atoms with Crippen LogP contribution in [-0.4, -0.2) is 19.8 Å². The number of unbranched alkanes of at least 4 members (excludes halogenated alkanes) is 3. The van der Waals surface area contributed by atoms with E-state index < -0.39 is 23.7 Å². The minimum atomic E-state index is -1.22. The van der Waals surface area contributed by atoms with E-state index in [-0.39, 0.29) is 0 Å². The van der Waals surface area contributed by atoms with E-state index in [1.165, 1.54) is 77.0 Å². The Bertz CT molecular complexity index is 296. The van der Waals surface area contributed by atoms with Gasteiger partial charge in [-0.3, -0.25) is 0 Å². The van der Waals surface area contributed by atoms with Crippen molar-refractivity contribution in [1.29, 1.82) is 0 Å². The molecule has 0 N–H and O–H groups in total. The summed E-state index contributed by atoms with van der Waals surface area (Å²) in [7, 11) is 8.68. The molecule has 0 radical (unpaired) electrons. The molecule has 0 amide bonds. The number of hydrogen-bond donors (Lipinski definition) is 0. The first kappa shape index (κ1) is 34.7. The van der Waals surface area contributed by atoms with Gasteiger partial charge in [0.1, 0.15) is 0 Å². The summed E-state index contributed by atoms with van der Waals surface area (Å²) >= 11 is -0.931. The molecule has 31 heavy (non-hydrogen) atoms. The van der Waals surface area contributed by atoms with Crippen LogP contribution in [0.1, 0.15) is 119 Å². The van der Waals surface area contributed by atoms with E-state index in [0.29, 0.717) is 17.8 Å². The Labute approximate surface area is 212 Å². The van der Waals surface area contributed by atoms with Gasteiger partial charge >= 0.3 is 43.1 Å². The van der Waals surface area contributed by atoms with Crippen LogP contribution in [0.2, 0.25) is 0 Å². The fourth-order valence-electron chi connectivity index (χ4n) is 3.30. The predicted molar refractivity (Wildman–Crippen MR) is 136 cm³/mol. The van der Waals surface area contributed by atoms with Gasteiger partial charge in [0.2, 0.25) is 0 Å². The predicted octanol–water partition coefficient (Wildman–Crippen LogP) is 10.3. The molecule has 0 aromatic carbocycles. The van der Waals surface area contributed by atoms with Crippen LogP contribution in [0.25, 0.3) is 0 Å². The van der Waals surface area contributed by atoms with E-state index in [9.17, 15) is 0 Å². The van der Waals surface area contributed by atoms with Crippen molar-refractivity contribution in [2.45, 2.75) is 119 Å². The molecule has 7 heteroatoms. The van der Waals surface area contributed by atoms with E-state index >= 15 is 0 Å². The van der Waals surface area contributed by atoms with E-state index in [0.717, 1.165) is 19.8 Å². The van der Waals surface area contributed by atoms with Crippen molar-refractivity contribution in [3.63, 3.8) is 0 Å². The van der Waals surface area contributed by atoms with Gasteiger partial charge in [0, 0.05) is 0 Å². The number of rotatable bonds is 21. The van der Waals surface area contributed by atoms with Gasteiger partial charge in [-0.15, -0.1) is 0 Å². The molecule has 0 rings (SSSR count). The second kappa shape index (κ2) is 27.8. The molecule has 0 aliphatic carbocycles. The molecule has 0 aromatic rings. The molecule has 0 bridgehead atoms. The topological polar surface area (TPSA) is 27.7 Å². The zero-order chi connectivity index (χ0) is 23.7. The Kier molecular flexibility index (Phi) is 31.0. The summed E-state index contributed by atoms with van der Waals surface area (Å²) in [4.78, 5) is 0. The van der Waals surface area contributed by atoms with Gasteiger partial charge < -0.3 is 13.6 Å². The van der Waals surface area contributed by atoms with Crippen LogP contribution in [0.3, 0.4) is 0 Å². The zero-order valence-corrected chi connectivity index (χ0v) is 26.8. The molecule has 0 aliphatic rings. The molecule has 0 saturated carbocycles. The van der Waals surface area contributed by atoms with Crippen LogP contribution in [0.4, 0.5) is 0 Å². The Balaban J connectivity index is 0. The van der Waals surface area contributed by atoms with E-state index in [4.69, 9.17) is 33.0 Å². The molecule has 3 unspecified atom stereocenters. The normalized spacial score (nSPS) is 14.8. The Hall–Kier alpha value is 1.51. The second-order valence-electron chi connectivity index (χ2n) is 8.46. The van der Waals surface area contributed by atoms with Crippen LogP contribution >= 0.6 is 28.0 Å². The van der Waals surface area contributed by atoms with Crippen LogP contribution < -0.4 is 0 Å². The zero-order valence-electron chi connectivity index (χ0n) is 21.5. The Morgan fingerprint density at radius 2 is 0.839 bits per heavy atom. The molecular formula is C24H51Cl2O3PZn. The monoisotopic (exact) mass is 552 g/mol. The molecule has 0 spiro atoms. The van der Waals surface area contributed by atoms with Gasteiger partial charge in [-0.2, -0.15) is 0 Å². The van der Waals surface area contributed by atoms with Crippen molar-refractivity contribution >= 4 is 28.0 Å². The van der Waals surface area contributed by atoms with Gasteiger partial charge in [0.25, 0.3) is 0 Å². The number of hydrogen-bond acceptors (Lipinski definition) is 3. The maximum atomic E-state index is 6.21. The van der Waals surface area contributed by atoms with E-state index in [2.05, 4.69) is 41.5 Å². The van der Waals surface area contributed by atoms with Crippen LogP contribution in [0, 0.1) is 17.8 Å². The van der Waals surface area contributed by atoms with Crippen molar-refractivity contribution in [1.82, 2.24) is 0 Å². The minimum absolute atomic E-state index is 0.626. The molecule has 0 heterocycles. The summed E-state index contributed by atoms with van der Waals surface area (Å²) < 4.78 is 18.6. The summed E-state index contributed by atoms with van der Waals surface area (Å²) in [6.45, 7) is 15.9. The fourth-order valence-corrected chi connectivity index (χ4v) is 4.53. The third-order valence-electron chi connectivity index (χ3n) is 5.88. The third kappa shape index (κ3) is 23.0. The molecular weight excluding hydrogens is 504 g/mol. The van der Waals surface area contributed by atoms with Gasteiger partial charge in [-0.25, -0.2) is 0 Å². The van der Waals surface area contributed by atoms with Crippen molar-refractivity contribution in [2.24, 2.45) is 17.8 Å². The molecule has 3 atom stereocenters. The van der Waals surface area contributed by atoms with Gasteiger partial charge in [0.05, 0.1) is 19.8 Å². The van der Waals surface area contributed by atoms with E-state index in [1.54, 1.807) is 0 Å². The molecule has 0 fully saturated rings. The summed E-state index contributed by atoms with van der Waals surface area (Å²) in [5, 5.41) is 0. The van der Waals surface area contributed by atoms with Crippen molar-refractivity contribution < 1.29 is 28.7 Å². The van der Waals surface area contributed by atoms with Crippen molar-refractivity contribution in [3.8, 4) is 0 Å². The Morgan fingerprint density at radius 3 is 1.03 bits per heavy atom. The van der Waals surface area contributed by atoms with Crippen LogP contribution in [-0.2, 0) is 28.7 Å². The second-order valence-corrected chi connectivity index (χ2v) is 14.3. The Morgan fingerprint density at radius 1 is 0.581 bits per heavy atom. The summed E-state index contributed by atoms with van der Waals surface area (Å²) in [5.74, 6) is 1.88. The SMILES string of the molecule is CCCCC(CC)COP(OCC(CC)CCCC)OCC(CC)CCCC.[Cl][Zn][Cl]. The molecule has 0 aromatic heterocycles. The van der Waals surface area contributed by atoms with Crippen LogP contribution in [0.5, 0.6) is 0 Å². The standard InChI is InChI=1S/C24H51O3P.2ClH.Zn/c1-7-13-16-22(10-4)19-25-28(26-20-23(11-5)17-14-8-2)27-21-24(12-6)18-15-9-3;;;/h22-24H,7-21H2,1-6H3;2*1H;/q;;;+2/p-2. The first-order chi connectivity index (χ1) is 15.1. The summed E-state index contributed by atoms with van der Waals surface area (Å²) in [6.07, 6.45) is 14.9. The van der Waals surface area contributed by atoms with Crippen LogP contribution in [0.15, 0.2) is 0 Å².